The van der Waals surface area contributed by atoms with Crippen molar-refractivity contribution < 1.29 is 0 Å². The highest BCUT2D eigenvalue weighted by Crippen LogP contribution is 2.22. The number of pyridine rings is 1. The molecule has 3 aromatic rings. The highest BCUT2D eigenvalue weighted by molar-refractivity contribution is 7.15. The molecule has 0 atom stereocenters. The molecule has 0 unspecified atom stereocenters. The van der Waals surface area contributed by atoms with Crippen LogP contribution in [0.25, 0.3) is 10.7 Å². The van der Waals surface area contributed by atoms with Crippen molar-refractivity contribution in [1.82, 2.24) is 20.2 Å². The van der Waals surface area contributed by atoms with Crippen LogP contribution in [0, 0.1) is 6.92 Å². The Morgan fingerprint density at radius 1 is 1.26 bits per heavy atom. The van der Waals surface area contributed by atoms with Crippen LogP contribution in [-0.2, 0) is 6.54 Å². The number of thiazole rings is 1. The third-order valence-electron chi connectivity index (χ3n) is 2.38. The van der Waals surface area contributed by atoms with Gasteiger partial charge in [-0.1, -0.05) is 17.4 Å². The topological polar surface area (TPSA) is 63.6 Å². The van der Waals surface area contributed by atoms with E-state index in [1.165, 1.54) is 0 Å². The number of rotatable bonds is 4. The zero-order chi connectivity index (χ0) is 13.1. The van der Waals surface area contributed by atoms with Gasteiger partial charge >= 0.3 is 0 Å². The van der Waals surface area contributed by atoms with Gasteiger partial charge in [0.1, 0.15) is 10.0 Å². The lowest BCUT2D eigenvalue weighted by Crippen LogP contribution is -1.99. The lowest BCUT2D eigenvalue weighted by Gasteiger charge is -1.97. The number of aromatic nitrogens is 4. The first-order valence-corrected chi connectivity index (χ1v) is 7.40. The molecule has 0 aliphatic rings. The molecule has 0 amide bonds. The van der Waals surface area contributed by atoms with Crippen molar-refractivity contribution in [2.45, 2.75) is 13.5 Å². The van der Waals surface area contributed by atoms with E-state index in [1.807, 2.05) is 30.5 Å². The summed E-state index contributed by atoms with van der Waals surface area (Å²) in [7, 11) is 0. The van der Waals surface area contributed by atoms with Gasteiger partial charge in [-0.2, -0.15) is 0 Å². The Hall–Kier alpha value is -1.86. The molecule has 1 N–H and O–H groups in total. The third kappa shape index (κ3) is 2.94. The summed E-state index contributed by atoms with van der Waals surface area (Å²) >= 11 is 3.14. The molecule has 0 radical (unpaired) electrons. The van der Waals surface area contributed by atoms with Crippen LogP contribution in [0.2, 0.25) is 0 Å². The normalized spacial score (nSPS) is 10.6. The highest BCUT2D eigenvalue weighted by atomic mass is 32.1. The Bertz CT molecular complexity index is 662. The van der Waals surface area contributed by atoms with Crippen LogP contribution in [-0.4, -0.2) is 20.2 Å². The number of aryl methyl sites for hydroxylation is 1. The van der Waals surface area contributed by atoms with Crippen molar-refractivity contribution in [3.63, 3.8) is 0 Å². The minimum atomic E-state index is 0.651. The summed E-state index contributed by atoms with van der Waals surface area (Å²) in [6.07, 6.45) is 1.78. The zero-order valence-electron chi connectivity index (χ0n) is 10.2. The maximum atomic E-state index is 4.55. The van der Waals surface area contributed by atoms with E-state index in [-0.39, 0.29) is 0 Å². The largest absolute Gasteiger partial charge is 0.354 e. The molecule has 7 heteroatoms. The molecule has 0 bridgehead atoms. The fourth-order valence-corrected chi connectivity index (χ4v) is 2.91. The Balaban J connectivity index is 1.68. The summed E-state index contributed by atoms with van der Waals surface area (Å²) in [5.41, 5.74) is 1.89. The van der Waals surface area contributed by atoms with Gasteiger partial charge in [0.05, 0.1) is 17.9 Å². The summed E-state index contributed by atoms with van der Waals surface area (Å²) < 4.78 is 0. The molecule has 5 nitrogen and oxygen atoms in total. The van der Waals surface area contributed by atoms with Crippen molar-refractivity contribution in [1.29, 1.82) is 0 Å². The molecule has 0 saturated heterocycles. The number of hydrogen-bond donors (Lipinski definition) is 1. The lowest BCUT2D eigenvalue weighted by molar-refractivity contribution is 1.01. The molecule has 0 fully saturated rings. The summed E-state index contributed by atoms with van der Waals surface area (Å²) in [6, 6.07) is 5.83. The minimum Gasteiger partial charge on any atom is -0.354 e. The fourth-order valence-electron chi connectivity index (χ4n) is 1.53. The first kappa shape index (κ1) is 12.2. The maximum Gasteiger partial charge on any atom is 0.205 e. The molecule has 3 rings (SSSR count). The lowest BCUT2D eigenvalue weighted by atomic mass is 10.4. The second-order valence-corrected chi connectivity index (χ2v) is 5.88. The van der Waals surface area contributed by atoms with E-state index in [1.54, 1.807) is 28.9 Å². The van der Waals surface area contributed by atoms with Crippen LogP contribution >= 0.6 is 22.7 Å². The second kappa shape index (κ2) is 5.41. The van der Waals surface area contributed by atoms with Crippen molar-refractivity contribution in [3.05, 3.63) is 40.5 Å². The van der Waals surface area contributed by atoms with Gasteiger partial charge in [-0.15, -0.1) is 21.5 Å². The molecule has 0 aliphatic carbocycles. The Labute approximate surface area is 118 Å². The second-order valence-electron chi connectivity index (χ2n) is 3.84. The average Bonchev–Trinajstić information content (AvgIpc) is 3.06. The van der Waals surface area contributed by atoms with Gasteiger partial charge in [0.25, 0.3) is 0 Å². The predicted octanol–water partition coefficient (Wildman–Crippen LogP) is 2.98. The molecule has 19 heavy (non-hydrogen) atoms. The first-order chi connectivity index (χ1) is 9.31. The smallest absolute Gasteiger partial charge is 0.205 e. The molecule has 96 valence electrons. The van der Waals surface area contributed by atoms with Gasteiger partial charge in [0.2, 0.25) is 5.13 Å². The molecular weight excluding hydrogens is 278 g/mol. The molecule has 0 aliphatic heterocycles. The quantitative estimate of drug-likeness (QED) is 0.800. The predicted molar refractivity (Wildman–Crippen MR) is 77.3 cm³/mol. The van der Waals surface area contributed by atoms with Gasteiger partial charge in [-0.05, 0) is 19.1 Å². The van der Waals surface area contributed by atoms with Crippen LogP contribution in [0.15, 0.2) is 29.8 Å². The molecule has 3 aromatic heterocycles. The Morgan fingerprint density at radius 2 is 2.21 bits per heavy atom. The molecular formula is C12H11N5S2. The SMILES string of the molecule is Cc1nnc(NCc2csc(-c3ccccn3)n2)s1. The Kier molecular flexibility index (Phi) is 3.47. The summed E-state index contributed by atoms with van der Waals surface area (Å²) in [4.78, 5) is 8.84. The molecule has 0 aromatic carbocycles. The van der Waals surface area contributed by atoms with Crippen molar-refractivity contribution in [3.8, 4) is 10.7 Å². The summed E-state index contributed by atoms with van der Waals surface area (Å²) in [5.74, 6) is 0. The van der Waals surface area contributed by atoms with Gasteiger partial charge in [0, 0.05) is 11.6 Å². The van der Waals surface area contributed by atoms with Crippen LogP contribution < -0.4 is 5.32 Å². The van der Waals surface area contributed by atoms with Gasteiger partial charge in [-0.25, -0.2) is 4.98 Å². The Morgan fingerprint density at radius 3 is 2.95 bits per heavy atom. The summed E-state index contributed by atoms with van der Waals surface area (Å²) in [5, 5.41) is 15.9. The highest BCUT2D eigenvalue weighted by Gasteiger charge is 2.06. The van der Waals surface area contributed by atoms with Gasteiger partial charge in [0.15, 0.2) is 0 Å². The average molecular weight is 289 g/mol. The zero-order valence-corrected chi connectivity index (χ0v) is 11.8. The number of nitrogens with one attached hydrogen (secondary N) is 1. The monoisotopic (exact) mass is 289 g/mol. The number of hydrogen-bond acceptors (Lipinski definition) is 7. The van der Waals surface area contributed by atoms with Crippen LogP contribution in [0.3, 0.4) is 0 Å². The summed E-state index contributed by atoms with van der Waals surface area (Å²) in [6.45, 7) is 2.59. The van der Waals surface area contributed by atoms with E-state index in [2.05, 4.69) is 25.5 Å². The van der Waals surface area contributed by atoms with Gasteiger partial charge in [-0.3, -0.25) is 4.98 Å². The maximum absolute atomic E-state index is 4.55. The van der Waals surface area contributed by atoms with Crippen molar-refractivity contribution in [2.24, 2.45) is 0 Å². The fraction of sp³-hybridized carbons (Fsp3) is 0.167. The van der Waals surface area contributed by atoms with E-state index in [9.17, 15) is 0 Å². The van der Waals surface area contributed by atoms with Crippen LogP contribution in [0.4, 0.5) is 5.13 Å². The minimum absolute atomic E-state index is 0.651. The van der Waals surface area contributed by atoms with E-state index in [0.717, 1.165) is 26.5 Å². The van der Waals surface area contributed by atoms with E-state index in [4.69, 9.17) is 0 Å². The number of anilines is 1. The molecule has 0 saturated carbocycles. The number of nitrogens with zero attached hydrogens (tertiary/aromatic N) is 4. The van der Waals surface area contributed by atoms with Crippen molar-refractivity contribution in [2.75, 3.05) is 5.32 Å². The van der Waals surface area contributed by atoms with E-state index >= 15 is 0 Å². The third-order valence-corrected chi connectivity index (χ3v) is 4.09. The molecule has 0 spiro atoms. The van der Waals surface area contributed by atoms with E-state index < -0.39 is 0 Å². The van der Waals surface area contributed by atoms with Crippen LogP contribution in [0.5, 0.6) is 0 Å². The van der Waals surface area contributed by atoms with Gasteiger partial charge < -0.3 is 5.32 Å². The standard InChI is InChI=1S/C12H11N5S2/c1-8-16-17-12(19-8)14-6-9-7-18-11(15-9)10-4-2-3-5-13-10/h2-5,7H,6H2,1H3,(H,14,17). The van der Waals surface area contributed by atoms with E-state index in [0.29, 0.717) is 6.54 Å². The first-order valence-electron chi connectivity index (χ1n) is 5.71. The van der Waals surface area contributed by atoms with Crippen LogP contribution in [0.1, 0.15) is 10.7 Å². The van der Waals surface area contributed by atoms with Crippen molar-refractivity contribution >= 4 is 27.8 Å². The molecule has 3 heterocycles.